The summed E-state index contributed by atoms with van der Waals surface area (Å²) < 4.78 is 13.3. The number of benzene rings is 2. The molecule has 2 aliphatic heterocycles. The molecule has 1 spiro atoms. The smallest absolute Gasteiger partial charge is 0.120 e. The molecular formula is C32H38N4O3. The van der Waals surface area contributed by atoms with Gasteiger partial charge in [0.25, 0.3) is 0 Å². The number of likely N-dealkylation sites (tertiary alicyclic amines) is 1. The van der Waals surface area contributed by atoms with Crippen LogP contribution in [0.4, 0.5) is 0 Å². The summed E-state index contributed by atoms with van der Waals surface area (Å²) in [6.45, 7) is 4.68. The number of rotatable bonds is 7. The Labute approximate surface area is 230 Å². The summed E-state index contributed by atoms with van der Waals surface area (Å²) in [5.41, 5.74) is 6.17. The molecule has 0 bridgehead atoms. The van der Waals surface area contributed by atoms with Crippen molar-refractivity contribution >= 4 is 10.9 Å². The number of piperidine rings is 1. The number of pyridine rings is 1. The van der Waals surface area contributed by atoms with E-state index in [9.17, 15) is 5.11 Å². The van der Waals surface area contributed by atoms with Gasteiger partial charge in [-0.15, -0.1) is 0 Å². The highest BCUT2D eigenvalue weighted by Gasteiger charge is 2.48. The van der Waals surface area contributed by atoms with E-state index < -0.39 is 0 Å². The molecule has 6 rings (SSSR count). The summed E-state index contributed by atoms with van der Waals surface area (Å²) >= 11 is 0. The van der Waals surface area contributed by atoms with Crippen LogP contribution in [0.2, 0.25) is 0 Å². The Morgan fingerprint density at radius 2 is 1.69 bits per heavy atom. The van der Waals surface area contributed by atoms with Gasteiger partial charge in [-0.2, -0.15) is 0 Å². The summed E-state index contributed by atoms with van der Waals surface area (Å²) in [5, 5.41) is 12.1. The molecule has 1 fully saturated rings. The van der Waals surface area contributed by atoms with E-state index in [1.807, 2.05) is 24.4 Å². The average molecular weight is 527 g/mol. The van der Waals surface area contributed by atoms with Gasteiger partial charge in [0.2, 0.25) is 0 Å². The van der Waals surface area contributed by atoms with E-state index in [-0.39, 0.29) is 18.1 Å². The molecule has 4 aromatic rings. The minimum absolute atomic E-state index is 0.00217. The van der Waals surface area contributed by atoms with Crippen LogP contribution in [0.25, 0.3) is 10.9 Å². The van der Waals surface area contributed by atoms with E-state index in [1.54, 1.807) is 14.2 Å². The van der Waals surface area contributed by atoms with Crippen molar-refractivity contribution in [3.05, 3.63) is 89.4 Å². The number of aliphatic hydroxyl groups is 1. The maximum atomic E-state index is 10.8. The highest BCUT2D eigenvalue weighted by atomic mass is 16.5. The average Bonchev–Trinajstić information content (AvgIpc) is 3.28. The van der Waals surface area contributed by atoms with Gasteiger partial charge >= 0.3 is 0 Å². The monoisotopic (exact) mass is 526 g/mol. The number of ether oxygens (including phenoxy) is 2. The fourth-order valence-electron chi connectivity index (χ4n) is 6.86. The Balaban J connectivity index is 1.39. The molecule has 39 heavy (non-hydrogen) atoms. The van der Waals surface area contributed by atoms with Crippen molar-refractivity contribution in [2.24, 2.45) is 7.05 Å². The summed E-state index contributed by atoms with van der Waals surface area (Å²) in [7, 11) is 5.56. The molecule has 4 heterocycles. The van der Waals surface area contributed by atoms with Gasteiger partial charge in [0.1, 0.15) is 11.5 Å². The summed E-state index contributed by atoms with van der Waals surface area (Å²) in [5.74, 6) is 1.72. The van der Waals surface area contributed by atoms with Crippen LogP contribution in [0.5, 0.6) is 11.5 Å². The molecule has 1 saturated heterocycles. The molecule has 204 valence electrons. The van der Waals surface area contributed by atoms with Crippen LogP contribution in [0.3, 0.4) is 0 Å². The van der Waals surface area contributed by atoms with Crippen molar-refractivity contribution in [2.45, 2.75) is 37.4 Å². The number of methoxy groups -OCH3 is 2. The molecule has 2 aromatic carbocycles. The fourth-order valence-corrected chi connectivity index (χ4v) is 6.86. The molecule has 0 unspecified atom stereocenters. The SMILES string of the molecule is COc1ccc(CN2CC3(CCN(Cc4ccccn4)CC3)c3c(n(C)c4cc(OC)ccc34)[C@@H]2CO)cc1. The number of hydrogen-bond acceptors (Lipinski definition) is 6. The van der Waals surface area contributed by atoms with Gasteiger partial charge < -0.3 is 19.1 Å². The molecule has 2 aromatic heterocycles. The first-order valence-corrected chi connectivity index (χ1v) is 13.8. The standard InChI is InChI=1S/C32H38N4O3/c1-34-28-18-26(39-3)11-12-27(28)30-31(34)29(21-37)36(19-23-7-9-25(38-2)10-8-23)22-32(30)13-16-35(17-14-32)20-24-6-4-5-15-33-24/h4-12,15,18,29,37H,13-14,16-17,19-22H2,1-3H3/t29-/m0/s1. The quantitative estimate of drug-likeness (QED) is 0.378. The zero-order valence-corrected chi connectivity index (χ0v) is 23.1. The second-order valence-electron chi connectivity index (χ2n) is 11.0. The van der Waals surface area contributed by atoms with Crippen molar-refractivity contribution in [1.82, 2.24) is 19.4 Å². The van der Waals surface area contributed by atoms with Gasteiger partial charge in [0.05, 0.1) is 38.1 Å². The van der Waals surface area contributed by atoms with Crippen molar-refractivity contribution in [1.29, 1.82) is 0 Å². The predicted octanol–water partition coefficient (Wildman–Crippen LogP) is 4.67. The topological polar surface area (TPSA) is 63.0 Å². The lowest BCUT2D eigenvalue weighted by molar-refractivity contribution is 0.0401. The van der Waals surface area contributed by atoms with Gasteiger partial charge in [0, 0.05) is 55.4 Å². The number of fused-ring (bicyclic) bond motifs is 4. The lowest BCUT2D eigenvalue weighted by Gasteiger charge is -2.50. The molecule has 0 radical (unpaired) electrons. The number of hydrogen-bond donors (Lipinski definition) is 1. The van der Waals surface area contributed by atoms with Crippen molar-refractivity contribution in [3.63, 3.8) is 0 Å². The van der Waals surface area contributed by atoms with Crippen molar-refractivity contribution in [2.75, 3.05) is 40.5 Å². The Bertz CT molecular complexity index is 1430. The number of aromatic nitrogens is 2. The Hall–Kier alpha value is -3.39. The van der Waals surface area contributed by atoms with Gasteiger partial charge in [0.15, 0.2) is 0 Å². The molecule has 2 aliphatic rings. The van der Waals surface area contributed by atoms with Gasteiger partial charge in [-0.1, -0.05) is 18.2 Å². The van der Waals surface area contributed by atoms with E-state index in [0.717, 1.165) is 62.8 Å². The first-order valence-electron chi connectivity index (χ1n) is 13.8. The van der Waals surface area contributed by atoms with Crippen LogP contribution in [0, 0.1) is 0 Å². The lowest BCUT2D eigenvalue weighted by Crippen LogP contribution is -2.53. The minimum Gasteiger partial charge on any atom is -0.497 e. The zero-order chi connectivity index (χ0) is 27.0. The third-order valence-electron chi connectivity index (χ3n) is 8.89. The largest absolute Gasteiger partial charge is 0.497 e. The molecular weight excluding hydrogens is 488 g/mol. The molecule has 1 atom stereocenters. The maximum absolute atomic E-state index is 10.8. The van der Waals surface area contributed by atoms with Crippen molar-refractivity contribution in [3.8, 4) is 11.5 Å². The van der Waals surface area contributed by atoms with Gasteiger partial charge in [-0.05, 0) is 73.5 Å². The molecule has 0 saturated carbocycles. The second kappa shape index (κ2) is 10.6. The number of aliphatic hydroxyl groups excluding tert-OH is 1. The number of nitrogens with zero attached hydrogens (tertiary/aromatic N) is 4. The molecule has 7 nitrogen and oxygen atoms in total. The fraction of sp³-hybridized carbons (Fsp3) is 0.406. The van der Waals surface area contributed by atoms with Crippen LogP contribution in [-0.2, 0) is 25.6 Å². The van der Waals surface area contributed by atoms with Crippen LogP contribution < -0.4 is 9.47 Å². The van der Waals surface area contributed by atoms with Crippen LogP contribution >= 0.6 is 0 Å². The summed E-state index contributed by atoms with van der Waals surface area (Å²) in [6, 6.07) is 20.8. The Morgan fingerprint density at radius 3 is 2.36 bits per heavy atom. The van der Waals surface area contributed by atoms with Gasteiger partial charge in [-0.25, -0.2) is 0 Å². The molecule has 1 N–H and O–H groups in total. The minimum atomic E-state index is -0.0809. The predicted molar refractivity (Wildman–Crippen MR) is 153 cm³/mol. The van der Waals surface area contributed by atoms with E-state index >= 15 is 0 Å². The zero-order valence-electron chi connectivity index (χ0n) is 23.1. The highest BCUT2D eigenvalue weighted by Crippen LogP contribution is 2.50. The Morgan fingerprint density at radius 1 is 0.949 bits per heavy atom. The second-order valence-corrected chi connectivity index (χ2v) is 11.0. The van der Waals surface area contributed by atoms with Crippen LogP contribution in [0.15, 0.2) is 66.9 Å². The normalized spacial score (nSPS) is 19.3. The molecule has 0 aliphatic carbocycles. The van der Waals surface area contributed by atoms with E-state index in [1.165, 1.54) is 27.7 Å². The number of aryl methyl sites for hydroxylation is 1. The maximum Gasteiger partial charge on any atom is 0.120 e. The Kier molecular flexibility index (Phi) is 7.06. The van der Waals surface area contributed by atoms with Crippen molar-refractivity contribution < 1.29 is 14.6 Å². The van der Waals surface area contributed by atoms with Gasteiger partial charge in [-0.3, -0.25) is 14.8 Å². The molecule has 7 heteroatoms. The van der Waals surface area contributed by atoms with E-state index in [2.05, 4.69) is 68.9 Å². The van der Waals surface area contributed by atoms with E-state index in [0.29, 0.717) is 0 Å². The highest BCUT2D eigenvalue weighted by molar-refractivity contribution is 5.88. The first-order chi connectivity index (χ1) is 19.0. The third kappa shape index (κ3) is 4.69. The van der Waals surface area contributed by atoms with Crippen LogP contribution in [0.1, 0.15) is 41.4 Å². The third-order valence-corrected chi connectivity index (χ3v) is 8.89. The van der Waals surface area contributed by atoms with E-state index in [4.69, 9.17) is 9.47 Å². The summed E-state index contributed by atoms with van der Waals surface area (Å²) in [6.07, 6.45) is 4.01. The summed E-state index contributed by atoms with van der Waals surface area (Å²) in [4.78, 5) is 9.59. The first kappa shape index (κ1) is 25.9. The lowest BCUT2D eigenvalue weighted by atomic mass is 9.68. The molecule has 0 amide bonds. The van der Waals surface area contributed by atoms with Crippen LogP contribution in [-0.4, -0.2) is 64.9 Å².